The normalized spacial score (nSPS) is 13.0. The number of methoxy groups -OCH3 is 1. The minimum absolute atomic E-state index is 0.176. The van der Waals surface area contributed by atoms with E-state index in [0.717, 1.165) is 16.9 Å². The Labute approximate surface area is 149 Å². The molecule has 2 rings (SSSR count). The van der Waals surface area contributed by atoms with Crippen molar-refractivity contribution in [1.29, 1.82) is 0 Å². The second-order valence-electron chi connectivity index (χ2n) is 6.13. The van der Waals surface area contributed by atoms with Gasteiger partial charge in [0.15, 0.2) is 0 Å². The molecule has 134 valence electrons. The summed E-state index contributed by atoms with van der Waals surface area (Å²) in [5.41, 5.74) is 1.98. The smallest absolute Gasteiger partial charge is 0.317 e. The molecular weight excluding hydrogens is 316 g/mol. The van der Waals surface area contributed by atoms with E-state index in [1.165, 1.54) is 0 Å². The molecule has 0 bridgehead atoms. The zero-order valence-electron chi connectivity index (χ0n) is 15.0. The molecule has 0 saturated heterocycles. The van der Waals surface area contributed by atoms with Crippen molar-refractivity contribution in [3.63, 3.8) is 0 Å². The summed E-state index contributed by atoms with van der Waals surface area (Å²) in [4.78, 5) is 14.1. The van der Waals surface area contributed by atoms with Gasteiger partial charge in [-0.05, 0) is 36.6 Å². The molecule has 2 N–H and O–H groups in total. The molecule has 0 radical (unpaired) electrons. The van der Waals surface area contributed by atoms with Gasteiger partial charge in [0, 0.05) is 13.6 Å². The summed E-state index contributed by atoms with van der Waals surface area (Å²) in [5.74, 6) is 0.774. The Balaban J connectivity index is 2.18. The van der Waals surface area contributed by atoms with Gasteiger partial charge in [0.2, 0.25) is 0 Å². The molecule has 2 aromatic carbocycles. The van der Waals surface area contributed by atoms with E-state index in [2.05, 4.69) is 5.32 Å². The summed E-state index contributed by atoms with van der Waals surface area (Å²) in [7, 11) is 3.36. The lowest BCUT2D eigenvalue weighted by Gasteiger charge is -2.25. The van der Waals surface area contributed by atoms with Gasteiger partial charge in [0.05, 0.1) is 19.3 Å². The van der Waals surface area contributed by atoms with Crippen molar-refractivity contribution in [2.45, 2.75) is 25.5 Å². The van der Waals surface area contributed by atoms with Gasteiger partial charge in [-0.1, -0.05) is 42.5 Å². The second-order valence-corrected chi connectivity index (χ2v) is 6.13. The van der Waals surface area contributed by atoms with Crippen LogP contribution in [0.4, 0.5) is 4.79 Å². The number of hydrogen-bond acceptors (Lipinski definition) is 3. The third-order valence-corrected chi connectivity index (χ3v) is 4.08. The molecular formula is C20H26N2O3. The zero-order chi connectivity index (χ0) is 18.2. The van der Waals surface area contributed by atoms with Gasteiger partial charge < -0.3 is 20.1 Å². The number of hydrogen-bond donors (Lipinski definition) is 2. The first-order valence-corrected chi connectivity index (χ1v) is 8.40. The second kappa shape index (κ2) is 9.08. The van der Waals surface area contributed by atoms with E-state index in [0.29, 0.717) is 13.0 Å². The van der Waals surface area contributed by atoms with E-state index >= 15 is 0 Å². The summed E-state index contributed by atoms with van der Waals surface area (Å²) >= 11 is 0. The molecule has 0 aliphatic heterocycles. The van der Waals surface area contributed by atoms with Crippen molar-refractivity contribution in [3.05, 3.63) is 65.7 Å². The van der Waals surface area contributed by atoms with Crippen LogP contribution in [0.2, 0.25) is 0 Å². The van der Waals surface area contributed by atoms with Crippen molar-refractivity contribution >= 4 is 6.03 Å². The summed E-state index contributed by atoms with van der Waals surface area (Å²) in [6.45, 7) is 2.21. The Hall–Kier alpha value is -2.53. The van der Waals surface area contributed by atoms with Gasteiger partial charge in [0.25, 0.3) is 0 Å². The zero-order valence-corrected chi connectivity index (χ0v) is 15.0. The number of carbonyl (C=O) groups is 1. The number of aliphatic hydroxyl groups is 1. The predicted octanol–water partition coefficient (Wildman–Crippen LogP) is 3.20. The first-order valence-electron chi connectivity index (χ1n) is 8.40. The number of nitrogens with zero attached hydrogens (tertiary/aromatic N) is 1. The fourth-order valence-electron chi connectivity index (χ4n) is 2.52. The van der Waals surface area contributed by atoms with Gasteiger partial charge in [0.1, 0.15) is 5.75 Å². The summed E-state index contributed by atoms with van der Waals surface area (Å²) in [6.07, 6.45) is 0.115. The van der Waals surface area contributed by atoms with Crippen LogP contribution in [0.3, 0.4) is 0 Å². The fraction of sp³-hybridized carbons (Fsp3) is 0.350. The van der Waals surface area contributed by atoms with Crippen molar-refractivity contribution in [2.24, 2.45) is 0 Å². The highest BCUT2D eigenvalue weighted by molar-refractivity contribution is 5.75. The van der Waals surface area contributed by atoms with E-state index in [4.69, 9.17) is 4.74 Å². The van der Waals surface area contributed by atoms with Crippen LogP contribution in [0.5, 0.6) is 5.75 Å². The molecule has 2 unspecified atom stereocenters. The van der Waals surface area contributed by atoms with Crippen LogP contribution in [0, 0.1) is 0 Å². The summed E-state index contributed by atoms with van der Waals surface area (Å²) in [6, 6.07) is 17.1. The SMILES string of the molecule is COc1ccc(C(NC(=O)N(C)CCC(C)O)c2ccccc2)cc1. The molecule has 5 heteroatoms. The van der Waals surface area contributed by atoms with E-state index in [9.17, 15) is 9.90 Å². The molecule has 25 heavy (non-hydrogen) atoms. The van der Waals surface area contributed by atoms with Crippen molar-refractivity contribution in [1.82, 2.24) is 10.2 Å². The number of benzene rings is 2. The monoisotopic (exact) mass is 342 g/mol. The first-order chi connectivity index (χ1) is 12.0. The number of rotatable bonds is 7. The van der Waals surface area contributed by atoms with Crippen LogP contribution >= 0.6 is 0 Å². The number of ether oxygens (including phenoxy) is 1. The maximum atomic E-state index is 12.5. The van der Waals surface area contributed by atoms with E-state index in [-0.39, 0.29) is 12.1 Å². The lowest BCUT2D eigenvalue weighted by molar-refractivity contribution is 0.162. The quantitative estimate of drug-likeness (QED) is 0.812. The number of amides is 2. The number of aliphatic hydroxyl groups excluding tert-OH is 1. The highest BCUT2D eigenvalue weighted by Gasteiger charge is 2.19. The third kappa shape index (κ3) is 5.50. The first kappa shape index (κ1) is 18.8. The summed E-state index contributed by atoms with van der Waals surface area (Å²) < 4.78 is 5.21. The number of urea groups is 1. The van der Waals surface area contributed by atoms with E-state index in [1.807, 2.05) is 54.6 Å². The van der Waals surface area contributed by atoms with Crippen molar-refractivity contribution in [3.8, 4) is 5.75 Å². The Morgan fingerprint density at radius 3 is 2.28 bits per heavy atom. The Morgan fingerprint density at radius 1 is 1.12 bits per heavy atom. The summed E-state index contributed by atoms with van der Waals surface area (Å²) in [5, 5.41) is 12.5. The molecule has 5 nitrogen and oxygen atoms in total. The predicted molar refractivity (Wildman–Crippen MR) is 98.7 cm³/mol. The van der Waals surface area contributed by atoms with Crippen LogP contribution in [-0.4, -0.2) is 42.8 Å². The van der Waals surface area contributed by atoms with Gasteiger partial charge in [-0.25, -0.2) is 4.79 Å². The van der Waals surface area contributed by atoms with Crippen molar-refractivity contribution < 1.29 is 14.6 Å². The molecule has 0 saturated carbocycles. The highest BCUT2D eigenvalue weighted by Crippen LogP contribution is 2.24. The Kier molecular flexibility index (Phi) is 6.83. The minimum atomic E-state index is -0.429. The molecule has 0 heterocycles. The average molecular weight is 342 g/mol. The molecule has 2 amide bonds. The molecule has 0 aliphatic carbocycles. The van der Waals surface area contributed by atoms with Gasteiger partial charge in [-0.15, -0.1) is 0 Å². The van der Waals surface area contributed by atoms with Crippen LogP contribution in [0.1, 0.15) is 30.5 Å². The molecule has 0 aliphatic rings. The van der Waals surface area contributed by atoms with E-state index < -0.39 is 6.10 Å². The van der Waals surface area contributed by atoms with Crippen LogP contribution < -0.4 is 10.1 Å². The van der Waals surface area contributed by atoms with Crippen LogP contribution in [-0.2, 0) is 0 Å². The number of nitrogens with one attached hydrogen (secondary N) is 1. The van der Waals surface area contributed by atoms with Crippen molar-refractivity contribution in [2.75, 3.05) is 20.7 Å². The Bertz CT molecular complexity index is 656. The maximum Gasteiger partial charge on any atom is 0.317 e. The van der Waals surface area contributed by atoms with E-state index in [1.54, 1.807) is 26.0 Å². The minimum Gasteiger partial charge on any atom is -0.497 e. The van der Waals surface area contributed by atoms with Gasteiger partial charge in [-0.3, -0.25) is 0 Å². The third-order valence-electron chi connectivity index (χ3n) is 4.08. The maximum absolute atomic E-state index is 12.5. The average Bonchev–Trinajstić information content (AvgIpc) is 2.64. The van der Waals surface area contributed by atoms with Crippen LogP contribution in [0.25, 0.3) is 0 Å². The lowest BCUT2D eigenvalue weighted by Crippen LogP contribution is -2.40. The largest absolute Gasteiger partial charge is 0.497 e. The molecule has 2 aromatic rings. The highest BCUT2D eigenvalue weighted by atomic mass is 16.5. The molecule has 0 fully saturated rings. The topological polar surface area (TPSA) is 61.8 Å². The molecule has 0 aromatic heterocycles. The molecule has 2 atom stereocenters. The Morgan fingerprint density at radius 2 is 1.72 bits per heavy atom. The number of carbonyl (C=O) groups excluding carboxylic acids is 1. The lowest BCUT2D eigenvalue weighted by atomic mass is 9.99. The molecule has 0 spiro atoms. The van der Waals surface area contributed by atoms with Crippen LogP contribution in [0.15, 0.2) is 54.6 Å². The standard InChI is InChI=1S/C20H26N2O3/c1-15(23)13-14-22(2)20(24)21-19(16-7-5-4-6-8-16)17-9-11-18(25-3)12-10-17/h4-12,15,19,23H,13-14H2,1-3H3,(H,21,24). The van der Waals surface area contributed by atoms with Gasteiger partial charge in [-0.2, -0.15) is 0 Å². The van der Waals surface area contributed by atoms with Gasteiger partial charge >= 0.3 is 6.03 Å². The fourth-order valence-corrected chi connectivity index (χ4v) is 2.52.